The highest BCUT2D eigenvalue weighted by molar-refractivity contribution is 5.94. The number of carbonyl (C=O) groups is 1. The van der Waals surface area contributed by atoms with Crippen LogP contribution in [0.1, 0.15) is 39.7 Å². The van der Waals surface area contributed by atoms with E-state index in [4.69, 9.17) is 0 Å². The molecule has 2 aromatic carbocycles. The highest BCUT2D eigenvalue weighted by Gasteiger charge is 2.18. The number of hydrogen-bond acceptors (Lipinski definition) is 2. The Bertz CT molecular complexity index is 968. The fourth-order valence-corrected chi connectivity index (χ4v) is 3.45. The number of carbonyl (C=O) groups excluding carboxylic acids is 1. The van der Waals surface area contributed by atoms with E-state index in [1.165, 1.54) is 11.6 Å². The molecule has 3 rings (SSSR count). The molecule has 0 aliphatic rings. The lowest BCUT2D eigenvalue weighted by Gasteiger charge is -2.08. The normalized spacial score (nSPS) is 10.9. The first kappa shape index (κ1) is 18.8. The van der Waals surface area contributed by atoms with Gasteiger partial charge in [-0.25, -0.2) is 4.39 Å². The van der Waals surface area contributed by atoms with E-state index in [1.807, 2.05) is 13.0 Å². The molecule has 0 fully saturated rings. The molecule has 0 saturated heterocycles. The summed E-state index contributed by atoms with van der Waals surface area (Å²) in [5.41, 5.74) is 6.23. The zero-order chi connectivity index (χ0) is 19.6. The van der Waals surface area contributed by atoms with Gasteiger partial charge in [-0.2, -0.15) is 5.10 Å². The van der Waals surface area contributed by atoms with E-state index in [-0.39, 0.29) is 18.3 Å². The molecule has 0 unspecified atom stereocenters. The molecule has 140 valence electrons. The summed E-state index contributed by atoms with van der Waals surface area (Å²) >= 11 is 0. The maximum atomic E-state index is 13.8. The van der Waals surface area contributed by atoms with Gasteiger partial charge in [0.1, 0.15) is 11.5 Å². The molecule has 1 heterocycles. The standard InChI is InChI=1S/C22H24FN3O/c1-5-26-20(22(27)24-13-17-8-6-7-9-18(17)23)12-19(25-26)21-15(3)10-14(2)11-16(21)4/h6-12H,5,13H2,1-4H3,(H,24,27). The molecule has 27 heavy (non-hydrogen) atoms. The molecule has 0 saturated carbocycles. The van der Waals surface area contributed by atoms with Gasteiger partial charge < -0.3 is 5.32 Å². The van der Waals surface area contributed by atoms with Crippen LogP contribution in [0.15, 0.2) is 42.5 Å². The van der Waals surface area contributed by atoms with Gasteiger partial charge in [0.15, 0.2) is 0 Å². The Balaban J connectivity index is 1.89. The number of nitrogens with one attached hydrogen (secondary N) is 1. The quantitative estimate of drug-likeness (QED) is 0.720. The Hall–Kier alpha value is -2.95. The largest absolute Gasteiger partial charge is 0.347 e. The lowest BCUT2D eigenvalue weighted by Crippen LogP contribution is -2.26. The number of amides is 1. The summed E-state index contributed by atoms with van der Waals surface area (Å²) < 4.78 is 15.5. The minimum Gasteiger partial charge on any atom is -0.347 e. The monoisotopic (exact) mass is 365 g/mol. The van der Waals surface area contributed by atoms with Crippen LogP contribution in [0.2, 0.25) is 0 Å². The zero-order valence-electron chi connectivity index (χ0n) is 16.1. The summed E-state index contributed by atoms with van der Waals surface area (Å²) in [4.78, 5) is 12.7. The summed E-state index contributed by atoms with van der Waals surface area (Å²) in [5, 5.41) is 7.42. The Labute approximate surface area is 159 Å². The molecule has 1 aromatic heterocycles. The Kier molecular flexibility index (Phi) is 5.40. The van der Waals surface area contributed by atoms with Crippen LogP contribution in [0.5, 0.6) is 0 Å². The van der Waals surface area contributed by atoms with Gasteiger partial charge in [0, 0.05) is 24.2 Å². The van der Waals surface area contributed by atoms with Crippen LogP contribution >= 0.6 is 0 Å². The third-order valence-corrected chi connectivity index (χ3v) is 4.64. The molecular weight excluding hydrogens is 341 g/mol. The number of nitrogens with zero attached hydrogens (tertiary/aromatic N) is 2. The first-order chi connectivity index (χ1) is 12.9. The van der Waals surface area contributed by atoms with Gasteiger partial charge in [0.05, 0.1) is 5.69 Å². The smallest absolute Gasteiger partial charge is 0.269 e. The molecule has 0 aliphatic carbocycles. The van der Waals surface area contributed by atoms with Crippen LogP contribution in [-0.4, -0.2) is 15.7 Å². The maximum absolute atomic E-state index is 13.8. The van der Waals surface area contributed by atoms with Crippen LogP contribution in [0.4, 0.5) is 4.39 Å². The predicted octanol–water partition coefficient (Wildman–Crippen LogP) is 4.56. The first-order valence-electron chi connectivity index (χ1n) is 9.08. The van der Waals surface area contributed by atoms with E-state index in [2.05, 4.69) is 43.3 Å². The summed E-state index contributed by atoms with van der Waals surface area (Å²) in [7, 11) is 0. The van der Waals surface area contributed by atoms with Gasteiger partial charge in [-0.3, -0.25) is 9.48 Å². The van der Waals surface area contributed by atoms with Gasteiger partial charge in [-0.05, 0) is 51.0 Å². The third kappa shape index (κ3) is 3.92. The van der Waals surface area contributed by atoms with E-state index in [0.29, 0.717) is 17.8 Å². The average Bonchev–Trinajstić information content (AvgIpc) is 3.04. The number of aromatic nitrogens is 2. The predicted molar refractivity (Wildman–Crippen MR) is 105 cm³/mol. The van der Waals surface area contributed by atoms with Crippen LogP contribution in [0.3, 0.4) is 0 Å². The van der Waals surface area contributed by atoms with Gasteiger partial charge in [0.2, 0.25) is 0 Å². The minimum atomic E-state index is -0.326. The molecule has 0 spiro atoms. The zero-order valence-corrected chi connectivity index (χ0v) is 16.1. The Morgan fingerprint density at radius 3 is 2.41 bits per heavy atom. The highest BCUT2D eigenvalue weighted by Crippen LogP contribution is 2.28. The van der Waals surface area contributed by atoms with E-state index in [9.17, 15) is 9.18 Å². The topological polar surface area (TPSA) is 46.9 Å². The maximum Gasteiger partial charge on any atom is 0.269 e. The molecule has 0 radical (unpaired) electrons. The lowest BCUT2D eigenvalue weighted by molar-refractivity contribution is 0.0940. The SMILES string of the molecule is CCn1nc(-c2c(C)cc(C)cc2C)cc1C(=O)NCc1ccccc1F. The first-order valence-corrected chi connectivity index (χ1v) is 9.08. The van der Waals surface area contributed by atoms with Crippen molar-refractivity contribution in [1.29, 1.82) is 0 Å². The second kappa shape index (κ2) is 7.74. The van der Waals surface area contributed by atoms with Crippen LogP contribution in [0, 0.1) is 26.6 Å². The van der Waals surface area contributed by atoms with E-state index in [1.54, 1.807) is 22.9 Å². The van der Waals surface area contributed by atoms with Gasteiger partial charge >= 0.3 is 0 Å². The van der Waals surface area contributed by atoms with Crippen molar-refractivity contribution in [3.8, 4) is 11.3 Å². The minimum absolute atomic E-state index is 0.137. The van der Waals surface area contributed by atoms with E-state index >= 15 is 0 Å². The van der Waals surface area contributed by atoms with Crippen molar-refractivity contribution in [3.63, 3.8) is 0 Å². The van der Waals surface area contributed by atoms with Crippen molar-refractivity contribution < 1.29 is 9.18 Å². The number of halogens is 1. The van der Waals surface area contributed by atoms with Crippen molar-refractivity contribution in [1.82, 2.24) is 15.1 Å². The molecule has 1 amide bonds. The number of aryl methyl sites for hydroxylation is 4. The fourth-order valence-electron chi connectivity index (χ4n) is 3.45. The Morgan fingerprint density at radius 2 is 1.78 bits per heavy atom. The van der Waals surface area contributed by atoms with Crippen molar-refractivity contribution >= 4 is 5.91 Å². The van der Waals surface area contributed by atoms with Crippen LogP contribution in [0.25, 0.3) is 11.3 Å². The second-order valence-electron chi connectivity index (χ2n) is 6.78. The van der Waals surface area contributed by atoms with Crippen molar-refractivity contribution in [2.24, 2.45) is 0 Å². The molecular formula is C22H24FN3O. The van der Waals surface area contributed by atoms with Crippen LogP contribution in [-0.2, 0) is 13.1 Å². The molecule has 0 bridgehead atoms. The third-order valence-electron chi connectivity index (χ3n) is 4.64. The summed E-state index contributed by atoms with van der Waals surface area (Å²) in [6.45, 7) is 8.83. The summed E-state index contributed by atoms with van der Waals surface area (Å²) in [5.74, 6) is -0.588. The van der Waals surface area contributed by atoms with Gasteiger partial charge in [-0.15, -0.1) is 0 Å². The number of rotatable bonds is 5. The molecule has 0 atom stereocenters. The summed E-state index contributed by atoms with van der Waals surface area (Å²) in [6, 6.07) is 12.5. The highest BCUT2D eigenvalue weighted by atomic mass is 19.1. The van der Waals surface area contributed by atoms with Gasteiger partial charge in [0.25, 0.3) is 5.91 Å². The summed E-state index contributed by atoms with van der Waals surface area (Å²) in [6.07, 6.45) is 0. The van der Waals surface area contributed by atoms with Gasteiger partial charge in [-0.1, -0.05) is 35.9 Å². The number of benzene rings is 2. The molecule has 5 heteroatoms. The molecule has 4 nitrogen and oxygen atoms in total. The molecule has 0 aliphatic heterocycles. The lowest BCUT2D eigenvalue weighted by atomic mass is 9.97. The average molecular weight is 365 g/mol. The molecule has 3 aromatic rings. The van der Waals surface area contributed by atoms with Crippen LogP contribution < -0.4 is 5.32 Å². The second-order valence-corrected chi connectivity index (χ2v) is 6.78. The van der Waals surface area contributed by atoms with Crippen molar-refractivity contribution in [2.45, 2.75) is 40.8 Å². The van der Waals surface area contributed by atoms with E-state index in [0.717, 1.165) is 22.4 Å². The van der Waals surface area contributed by atoms with E-state index < -0.39 is 0 Å². The molecule has 1 N–H and O–H groups in total. The fraction of sp³-hybridized carbons (Fsp3) is 0.273. The number of hydrogen-bond donors (Lipinski definition) is 1. The van der Waals surface area contributed by atoms with Crippen molar-refractivity contribution in [3.05, 3.63) is 76.2 Å². The Morgan fingerprint density at radius 1 is 1.11 bits per heavy atom. The van der Waals surface area contributed by atoms with Crippen molar-refractivity contribution in [2.75, 3.05) is 0 Å².